The van der Waals surface area contributed by atoms with Crippen LogP contribution < -0.4 is 0 Å². The van der Waals surface area contributed by atoms with Crippen LogP contribution in [-0.2, 0) is 0 Å². The number of hydrogen-bond donors (Lipinski definition) is 2. The summed E-state index contributed by atoms with van der Waals surface area (Å²) < 4.78 is 0. The summed E-state index contributed by atoms with van der Waals surface area (Å²) in [5.41, 5.74) is 0.865. The summed E-state index contributed by atoms with van der Waals surface area (Å²) in [6.07, 6.45) is -1.07. The van der Waals surface area contributed by atoms with E-state index in [2.05, 4.69) is 0 Å². The van der Waals surface area contributed by atoms with Crippen molar-refractivity contribution in [3.05, 3.63) is 35.9 Å². The Morgan fingerprint density at radius 1 is 0.933 bits per heavy atom. The van der Waals surface area contributed by atoms with Gasteiger partial charge in [0.2, 0.25) is 0 Å². The fourth-order valence-corrected chi connectivity index (χ4v) is 1.75. The van der Waals surface area contributed by atoms with Gasteiger partial charge in [-0.1, -0.05) is 51.1 Å². The summed E-state index contributed by atoms with van der Waals surface area (Å²) in [6.45, 7) is 5.79. The third-order valence-corrected chi connectivity index (χ3v) is 2.86. The van der Waals surface area contributed by atoms with E-state index < -0.39 is 12.2 Å². The third-order valence-electron chi connectivity index (χ3n) is 2.86. The Labute approximate surface area is 91.6 Å². The van der Waals surface area contributed by atoms with E-state index in [1.807, 2.05) is 51.1 Å². The van der Waals surface area contributed by atoms with E-state index >= 15 is 0 Å². The molecule has 1 rings (SSSR count). The molecule has 0 unspecified atom stereocenters. The summed E-state index contributed by atoms with van der Waals surface area (Å²) in [7, 11) is 0. The Morgan fingerprint density at radius 2 is 1.47 bits per heavy atom. The van der Waals surface area contributed by atoms with E-state index in [1.165, 1.54) is 0 Å². The van der Waals surface area contributed by atoms with E-state index in [0.717, 1.165) is 5.56 Å². The standard InChI is InChI=1S/C13H20O2/c1-9(2)12(14)10(3)13(15)11-7-5-4-6-8-11/h4-10,12-15H,1-3H3/t10-,12+,13-/m0/s1. The fraction of sp³-hybridized carbons (Fsp3) is 0.538. The lowest BCUT2D eigenvalue weighted by Gasteiger charge is -2.26. The summed E-state index contributed by atoms with van der Waals surface area (Å²) in [5, 5.41) is 19.9. The van der Waals surface area contributed by atoms with Crippen LogP contribution in [0.1, 0.15) is 32.4 Å². The average Bonchev–Trinajstić information content (AvgIpc) is 2.27. The molecule has 1 aromatic rings. The molecule has 2 nitrogen and oxygen atoms in total. The van der Waals surface area contributed by atoms with E-state index in [9.17, 15) is 10.2 Å². The second-order valence-electron chi connectivity index (χ2n) is 4.45. The molecule has 0 spiro atoms. The van der Waals surface area contributed by atoms with Crippen LogP contribution in [0.2, 0.25) is 0 Å². The molecule has 84 valence electrons. The van der Waals surface area contributed by atoms with Crippen molar-refractivity contribution in [3.8, 4) is 0 Å². The maximum atomic E-state index is 10.0. The molecule has 0 radical (unpaired) electrons. The Hall–Kier alpha value is -0.860. The minimum atomic E-state index is -0.594. The van der Waals surface area contributed by atoms with Gasteiger partial charge in [-0.15, -0.1) is 0 Å². The van der Waals surface area contributed by atoms with Crippen LogP contribution in [-0.4, -0.2) is 16.3 Å². The van der Waals surface area contributed by atoms with E-state index in [-0.39, 0.29) is 11.8 Å². The van der Waals surface area contributed by atoms with Crippen LogP contribution in [0.25, 0.3) is 0 Å². The minimum absolute atomic E-state index is 0.146. The lowest BCUT2D eigenvalue weighted by Crippen LogP contribution is -2.28. The van der Waals surface area contributed by atoms with Crippen LogP contribution in [0.15, 0.2) is 30.3 Å². The number of rotatable bonds is 4. The summed E-state index contributed by atoms with van der Waals surface area (Å²) in [6, 6.07) is 9.47. The normalized spacial score (nSPS) is 17.5. The van der Waals surface area contributed by atoms with Gasteiger partial charge in [-0.05, 0) is 11.5 Å². The second-order valence-corrected chi connectivity index (χ2v) is 4.45. The molecule has 2 heteroatoms. The average molecular weight is 208 g/mol. The molecule has 3 atom stereocenters. The maximum absolute atomic E-state index is 10.0. The van der Waals surface area contributed by atoms with Gasteiger partial charge in [0.25, 0.3) is 0 Å². The molecule has 0 aliphatic rings. The van der Waals surface area contributed by atoms with E-state index in [4.69, 9.17) is 0 Å². The van der Waals surface area contributed by atoms with Crippen LogP contribution >= 0.6 is 0 Å². The van der Waals surface area contributed by atoms with Crippen molar-refractivity contribution in [1.29, 1.82) is 0 Å². The van der Waals surface area contributed by atoms with Crippen LogP contribution in [0.3, 0.4) is 0 Å². The molecule has 1 aromatic carbocycles. The zero-order valence-corrected chi connectivity index (χ0v) is 9.59. The number of benzene rings is 1. The molecule has 0 saturated heterocycles. The van der Waals surface area contributed by atoms with Crippen molar-refractivity contribution in [2.45, 2.75) is 33.0 Å². The topological polar surface area (TPSA) is 40.5 Å². The monoisotopic (exact) mass is 208 g/mol. The van der Waals surface area contributed by atoms with Gasteiger partial charge >= 0.3 is 0 Å². The highest BCUT2D eigenvalue weighted by molar-refractivity contribution is 5.18. The predicted octanol–water partition coefficient (Wildman–Crippen LogP) is 2.37. The Kier molecular flexibility index (Phi) is 4.30. The Morgan fingerprint density at radius 3 is 1.93 bits per heavy atom. The Bertz CT molecular complexity index is 282. The van der Waals surface area contributed by atoms with Crippen molar-refractivity contribution in [2.75, 3.05) is 0 Å². The van der Waals surface area contributed by atoms with Gasteiger partial charge in [-0.3, -0.25) is 0 Å². The van der Waals surface area contributed by atoms with Crippen LogP contribution in [0, 0.1) is 11.8 Å². The molecule has 0 aliphatic heterocycles. The number of hydrogen-bond acceptors (Lipinski definition) is 2. The molecule has 0 fully saturated rings. The first-order valence-corrected chi connectivity index (χ1v) is 5.45. The summed E-state index contributed by atoms with van der Waals surface area (Å²) in [5.74, 6) is 0.0192. The SMILES string of the molecule is CC(C)[C@@H](O)[C@H](C)[C@H](O)c1ccccc1. The van der Waals surface area contributed by atoms with Gasteiger partial charge in [0.1, 0.15) is 0 Å². The molecule has 15 heavy (non-hydrogen) atoms. The van der Waals surface area contributed by atoms with E-state index in [1.54, 1.807) is 0 Å². The largest absolute Gasteiger partial charge is 0.392 e. The lowest BCUT2D eigenvalue weighted by molar-refractivity contribution is -0.00309. The molecular weight excluding hydrogens is 188 g/mol. The second kappa shape index (κ2) is 5.29. The van der Waals surface area contributed by atoms with Crippen molar-refractivity contribution >= 4 is 0 Å². The minimum Gasteiger partial charge on any atom is -0.392 e. The molecule has 0 aliphatic carbocycles. The van der Waals surface area contributed by atoms with Gasteiger partial charge in [0, 0.05) is 5.92 Å². The first kappa shape index (κ1) is 12.2. The van der Waals surface area contributed by atoms with Gasteiger partial charge in [0.05, 0.1) is 12.2 Å². The first-order chi connectivity index (χ1) is 7.04. The molecule has 2 N–H and O–H groups in total. The van der Waals surface area contributed by atoms with Gasteiger partial charge in [0.15, 0.2) is 0 Å². The van der Waals surface area contributed by atoms with Crippen molar-refractivity contribution in [1.82, 2.24) is 0 Å². The lowest BCUT2D eigenvalue weighted by atomic mass is 9.87. The highest BCUT2D eigenvalue weighted by Gasteiger charge is 2.25. The predicted molar refractivity (Wildman–Crippen MR) is 61.4 cm³/mol. The number of aliphatic hydroxyl groups excluding tert-OH is 2. The highest BCUT2D eigenvalue weighted by atomic mass is 16.3. The molecule has 0 heterocycles. The van der Waals surface area contributed by atoms with Gasteiger partial charge in [-0.2, -0.15) is 0 Å². The summed E-state index contributed by atoms with van der Waals surface area (Å²) in [4.78, 5) is 0. The molecule has 0 saturated carbocycles. The van der Waals surface area contributed by atoms with Gasteiger partial charge < -0.3 is 10.2 Å². The van der Waals surface area contributed by atoms with Crippen molar-refractivity contribution < 1.29 is 10.2 Å². The Balaban J connectivity index is 2.73. The third kappa shape index (κ3) is 3.05. The highest BCUT2D eigenvalue weighted by Crippen LogP contribution is 2.27. The zero-order valence-electron chi connectivity index (χ0n) is 9.59. The van der Waals surface area contributed by atoms with Crippen LogP contribution in [0.4, 0.5) is 0 Å². The maximum Gasteiger partial charge on any atom is 0.0840 e. The van der Waals surface area contributed by atoms with Crippen molar-refractivity contribution in [2.24, 2.45) is 11.8 Å². The van der Waals surface area contributed by atoms with Crippen molar-refractivity contribution in [3.63, 3.8) is 0 Å². The molecular formula is C13H20O2. The molecule has 0 bridgehead atoms. The first-order valence-electron chi connectivity index (χ1n) is 5.45. The quantitative estimate of drug-likeness (QED) is 0.797. The zero-order chi connectivity index (χ0) is 11.4. The summed E-state index contributed by atoms with van der Waals surface area (Å²) >= 11 is 0. The number of aliphatic hydroxyl groups is 2. The molecule has 0 amide bonds. The fourth-order valence-electron chi connectivity index (χ4n) is 1.75. The molecule has 0 aromatic heterocycles. The smallest absolute Gasteiger partial charge is 0.0840 e. The van der Waals surface area contributed by atoms with E-state index in [0.29, 0.717) is 0 Å². The van der Waals surface area contributed by atoms with Gasteiger partial charge in [-0.25, -0.2) is 0 Å². The van der Waals surface area contributed by atoms with Crippen LogP contribution in [0.5, 0.6) is 0 Å².